The van der Waals surface area contributed by atoms with Crippen molar-refractivity contribution in [2.45, 2.75) is 103 Å². The van der Waals surface area contributed by atoms with E-state index in [1.165, 1.54) is 25.4 Å². The highest BCUT2D eigenvalue weighted by molar-refractivity contribution is 8.00. The third-order valence-electron chi connectivity index (χ3n) is 10.9. The lowest BCUT2D eigenvalue weighted by molar-refractivity contribution is -0.149. The average molecular weight is 786 g/mol. The van der Waals surface area contributed by atoms with Gasteiger partial charge in [0.2, 0.25) is 11.8 Å². The van der Waals surface area contributed by atoms with Gasteiger partial charge in [-0.2, -0.15) is 11.8 Å². The molecule has 4 fully saturated rings. The smallest absolute Gasteiger partial charge is 0.308 e. The van der Waals surface area contributed by atoms with E-state index in [2.05, 4.69) is 30.5 Å². The molecule has 0 spiro atoms. The van der Waals surface area contributed by atoms with Crippen LogP contribution >= 0.6 is 23.1 Å². The first-order valence-electron chi connectivity index (χ1n) is 18.9. The number of thioether (sulfide) groups is 1. The van der Waals surface area contributed by atoms with Crippen molar-refractivity contribution in [3.05, 3.63) is 39.9 Å². The second kappa shape index (κ2) is 18.8. The fraction of sp³-hybridized carbons (Fsp3) is 0.684. The summed E-state index contributed by atoms with van der Waals surface area (Å²) in [4.78, 5) is 83.5. The lowest BCUT2D eigenvalue weighted by Gasteiger charge is -2.45. The van der Waals surface area contributed by atoms with Gasteiger partial charge in [0, 0.05) is 62.6 Å². The summed E-state index contributed by atoms with van der Waals surface area (Å²) in [7, 11) is 3.08. The highest BCUT2D eigenvalue weighted by Crippen LogP contribution is 2.35. The Morgan fingerprint density at radius 1 is 1.04 bits per heavy atom. The van der Waals surface area contributed by atoms with Gasteiger partial charge < -0.3 is 25.0 Å². The molecular formula is C38H55N7O7S2. The van der Waals surface area contributed by atoms with Crippen molar-refractivity contribution in [1.29, 1.82) is 0 Å². The SMILES string of the molecule is COC(=O)[C@@H](C)C[C@H](Cc1ncc(C)cn1)NC(=O)c1csc([C@@H](C[C@H](C(C)C)N(C)C(=O)[C@@H](NC(=O)[C@H]2CC3CCN2CC3)C2CSC2)OC(C)=O)n1. The largest absolute Gasteiger partial charge is 0.469 e. The van der Waals surface area contributed by atoms with Crippen molar-refractivity contribution >= 4 is 52.8 Å². The summed E-state index contributed by atoms with van der Waals surface area (Å²) in [6.07, 6.45) is 6.48. The number of thiazole rings is 1. The molecular weight excluding hydrogens is 731 g/mol. The number of methoxy groups -OCH3 is 1. The summed E-state index contributed by atoms with van der Waals surface area (Å²) in [5.41, 5.74) is 1.04. The average Bonchev–Trinajstić information content (AvgIpc) is 3.63. The normalized spacial score (nSPS) is 22.3. The van der Waals surface area contributed by atoms with Crippen LogP contribution in [0, 0.1) is 30.6 Å². The number of amides is 3. The molecule has 14 nitrogen and oxygen atoms in total. The first-order chi connectivity index (χ1) is 25.7. The van der Waals surface area contributed by atoms with E-state index in [0.717, 1.165) is 49.4 Å². The number of fused-ring (bicyclic) bond motifs is 3. The standard InChI is InChI=1S/C38H55N7O7S2/c1-21(2)29(44(6)37(49)33(26-18-53-19-26)43-35(48)30-13-25-8-10-45(30)11-9-25)15-31(52-24(5)46)36-42-28(20-54-36)34(47)41-27(12-23(4)38(50)51-7)14-32-39-16-22(3)17-40-32/h16-17,20-21,23,25-27,29-31,33H,8-15,18-19H2,1-7H3,(H,41,47)(H,43,48)/t23-,27+,29+,30+,31+,33-/m0/s1. The molecule has 2 bridgehead atoms. The second-order valence-electron chi connectivity index (χ2n) is 15.4. The molecule has 4 aliphatic rings. The summed E-state index contributed by atoms with van der Waals surface area (Å²) < 4.78 is 10.7. The first kappa shape index (κ1) is 41.5. The van der Waals surface area contributed by atoms with Gasteiger partial charge in [-0.05, 0) is 74.6 Å². The van der Waals surface area contributed by atoms with E-state index in [1.54, 1.807) is 48.4 Å². The first-order valence-corrected chi connectivity index (χ1v) is 20.9. The van der Waals surface area contributed by atoms with Crippen LogP contribution in [0.5, 0.6) is 0 Å². The van der Waals surface area contributed by atoms with Crippen molar-refractivity contribution < 1.29 is 33.4 Å². The molecule has 2 aromatic rings. The van der Waals surface area contributed by atoms with Crippen molar-refractivity contribution in [3.8, 4) is 0 Å². The summed E-state index contributed by atoms with van der Waals surface area (Å²) in [5, 5.41) is 8.20. The van der Waals surface area contributed by atoms with E-state index in [0.29, 0.717) is 23.2 Å². The zero-order valence-corrected chi connectivity index (χ0v) is 34.0. The van der Waals surface area contributed by atoms with E-state index < -0.39 is 42.0 Å². The number of hydrogen-bond donors (Lipinski definition) is 2. The van der Waals surface area contributed by atoms with Gasteiger partial charge in [-0.1, -0.05) is 20.8 Å². The molecule has 6 heterocycles. The van der Waals surface area contributed by atoms with Crippen LogP contribution in [0.15, 0.2) is 17.8 Å². The Kier molecular flexibility index (Phi) is 14.5. The molecule has 2 N–H and O–H groups in total. The Hall–Kier alpha value is -3.63. The molecule has 4 aliphatic heterocycles. The lowest BCUT2D eigenvalue weighted by Crippen LogP contribution is -2.62. The van der Waals surface area contributed by atoms with Crippen LogP contribution in [0.4, 0.5) is 0 Å². The number of nitrogens with one attached hydrogen (secondary N) is 2. The van der Waals surface area contributed by atoms with Gasteiger partial charge in [-0.15, -0.1) is 11.3 Å². The van der Waals surface area contributed by atoms with Gasteiger partial charge in [0.15, 0.2) is 6.10 Å². The molecule has 4 saturated heterocycles. The van der Waals surface area contributed by atoms with Gasteiger partial charge in [0.25, 0.3) is 5.91 Å². The summed E-state index contributed by atoms with van der Waals surface area (Å²) >= 11 is 2.96. The van der Waals surface area contributed by atoms with Gasteiger partial charge in [-0.25, -0.2) is 15.0 Å². The number of carbonyl (C=O) groups is 5. The van der Waals surface area contributed by atoms with Crippen LogP contribution in [0.25, 0.3) is 0 Å². The van der Waals surface area contributed by atoms with Crippen LogP contribution in [0.2, 0.25) is 0 Å². The van der Waals surface area contributed by atoms with Crippen molar-refractivity contribution in [2.24, 2.45) is 23.7 Å². The second-order valence-corrected chi connectivity index (χ2v) is 17.4. The number of carbonyl (C=O) groups excluding carboxylic acids is 5. The predicted molar refractivity (Wildman–Crippen MR) is 206 cm³/mol. The number of ether oxygens (including phenoxy) is 2. The third kappa shape index (κ3) is 10.6. The van der Waals surface area contributed by atoms with Crippen molar-refractivity contribution in [1.82, 2.24) is 35.4 Å². The van der Waals surface area contributed by atoms with Gasteiger partial charge in [0.05, 0.1) is 19.1 Å². The number of rotatable bonds is 17. The molecule has 0 aliphatic carbocycles. The number of aryl methyl sites for hydroxylation is 1. The van der Waals surface area contributed by atoms with Gasteiger partial charge >= 0.3 is 11.9 Å². The zero-order valence-electron chi connectivity index (χ0n) is 32.4. The van der Waals surface area contributed by atoms with Crippen molar-refractivity contribution in [3.63, 3.8) is 0 Å². The van der Waals surface area contributed by atoms with Crippen molar-refractivity contribution in [2.75, 3.05) is 38.8 Å². The maximum absolute atomic E-state index is 14.3. The minimum absolute atomic E-state index is 0.0337. The maximum atomic E-state index is 14.3. The minimum Gasteiger partial charge on any atom is -0.469 e. The Balaban J connectivity index is 1.29. The minimum atomic E-state index is -0.828. The Labute approximate surface area is 326 Å². The molecule has 3 amide bonds. The quantitative estimate of drug-likeness (QED) is 0.224. The third-order valence-corrected chi connectivity index (χ3v) is 13.2. The monoisotopic (exact) mass is 785 g/mol. The molecule has 6 rings (SSSR count). The van der Waals surface area contributed by atoms with Crippen LogP contribution in [0.1, 0.15) is 92.8 Å². The van der Waals surface area contributed by atoms with Crippen LogP contribution in [-0.2, 0) is 35.1 Å². The van der Waals surface area contributed by atoms with E-state index in [1.807, 2.05) is 20.8 Å². The van der Waals surface area contributed by atoms with Crippen LogP contribution in [0.3, 0.4) is 0 Å². The number of aromatic nitrogens is 3. The number of nitrogens with zero attached hydrogens (tertiary/aromatic N) is 5. The summed E-state index contributed by atoms with van der Waals surface area (Å²) in [6, 6.07) is -1.71. The summed E-state index contributed by atoms with van der Waals surface area (Å²) in [6.45, 7) is 10.8. The Bertz CT molecular complexity index is 1630. The molecule has 0 saturated carbocycles. The predicted octanol–water partition coefficient (Wildman–Crippen LogP) is 3.59. The van der Waals surface area contributed by atoms with E-state index in [4.69, 9.17) is 9.47 Å². The van der Waals surface area contributed by atoms with E-state index >= 15 is 0 Å². The molecule has 0 unspecified atom stereocenters. The molecule has 0 aromatic carbocycles. The topological polar surface area (TPSA) is 173 Å². The number of likely N-dealkylation sites (N-methyl/N-ethyl adjacent to an activating group) is 1. The highest BCUT2D eigenvalue weighted by atomic mass is 32.2. The fourth-order valence-electron chi connectivity index (χ4n) is 7.66. The zero-order chi connectivity index (χ0) is 39.1. The number of piperidine rings is 3. The van der Waals surface area contributed by atoms with Crippen LogP contribution in [-0.4, -0.2) is 117 Å². The number of esters is 2. The van der Waals surface area contributed by atoms with Gasteiger partial charge in [0.1, 0.15) is 22.6 Å². The molecule has 6 atom stereocenters. The van der Waals surface area contributed by atoms with E-state index in [9.17, 15) is 24.0 Å². The molecule has 0 radical (unpaired) electrons. The maximum Gasteiger partial charge on any atom is 0.308 e. The molecule has 54 heavy (non-hydrogen) atoms. The summed E-state index contributed by atoms with van der Waals surface area (Å²) in [5.74, 6) is 0.611. The molecule has 296 valence electrons. The van der Waals surface area contributed by atoms with E-state index in [-0.39, 0.29) is 54.3 Å². The van der Waals surface area contributed by atoms with Gasteiger partial charge in [-0.3, -0.25) is 28.9 Å². The fourth-order valence-corrected chi connectivity index (χ4v) is 9.39. The molecule has 2 aromatic heterocycles. The Morgan fingerprint density at radius 3 is 2.28 bits per heavy atom. The lowest BCUT2D eigenvalue weighted by atomic mass is 9.83. The number of hydrogen-bond acceptors (Lipinski definition) is 13. The van der Waals surface area contributed by atoms with Crippen LogP contribution < -0.4 is 10.6 Å². The highest BCUT2D eigenvalue weighted by Gasteiger charge is 2.43. The molecule has 16 heteroatoms. The Morgan fingerprint density at radius 2 is 1.72 bits per heavy atom.